The summed E-state index contributed by atoms with van der Waals surface area (Å²) < 4.78 is 5.20. The highest BCUT2D eigenvalue weighted by atomic mass is 16.5. The quantitative estimate of drug-likeness (QED) is 0.778. The number of hydrogen-bond acceptors (Lipinski definition) is 6. The number of carbonyl (C=O) groups is 2. The maximum Gasteiger partial charge on any atom is 0.241 e. The number of rotatable bonds is 4. The van der Waals surface area contributed by atoms with Crippen LogP contribution in [-0.4, -0.2) is 73.5 Å². The highest BCUT2D eigenvalue weighted by Crippen LogP contribution is 2.34. The normalized spacial score (nSPS) is 22.0. The lowest BCUT2D eigenvalue weighted by Gasteiger charge is -2.36. The molecule has 2 bridgehead atoms. The van der Waals surface area contributed by atoms with E-state index in [1.54, 1.807) is 31.3 Å². The van der Waals surface area contributed by atoms with Gasteiger partial charge in [0, 0.05) is 39.4 Å². The fourth-order valence-corrected chi connectivity index (χ4v) is 3.69. The van der Waals surface area contributed by atoms with Crippen LogP contribution in [0.5, 0.6) is 5.88 Å². The van der Waals surface area contributed by atoms with Crippen molar-refractivity contribution in [1.82, 2.24) is 14.8 Å². The maximum atomic E-state index is 12.8. The number of nitrogens with zero attached hydrogens (tertiary/aromatic N) is 5. The average molecular weight is 357 g/mol. The smallest absolute Gasteiger partial charge is 0.241 e. The van der Waals surface area contributed by atoms with Gasteiger partial charge in [0.25, 0.3) is 0 Å². The number of aromatic nitrogens is 1. The van der Waals surface area contributed by atoms with Crippen molar-refractivity contribution < 1.29 is 14.3 Å². The van der Waals surface area contributed by atoms with E-state index in [-0.39, 0.29) is 36.2 Å². The molecule has 0 N–H and O–H groups in total. The molecule has 1 aromatic rings. The second-order valence-electron chi connectivity index (χ2n) is 6.91. The van der Waals surface area contributed by atoms with E-state index in [9.17, 15) is 14.9 Å². The zero-order valence-corrected chi connectivity index (χ0v) is 15.3. The number of methoxy groups -OCH3 is 1. The van der Waals surface area contributed by atoms with E-state index in [2.05, 4.69) is 16.0 Å². The number of amides is 2. The van der Waals surface area contributed by atoms with Crippen LogP contribution in [0, 0.1) is 17.2 Å². The van der Waals surface area contributed by atoms with Gasteiger partial charge in [0.15, 0.2) is 0 Å². The minimum absolute atomic E-state index is 0.0264. The minimum atomic E-state index is -0.172. The Balaban J connectivity index is 1.90. The molecule has 0 radical (unpaired) electrons. The van der Waals surface area contributed by atoms with E-state index in [0.717, 1.165) is 18.5 Å². The molecule has 3 saturated heterocycles. The molecule has 3 fully saturated rings. The van der Waals surface area contributed by atoms with Crippen LogP contribution in [0.4, 0.5) is 5.69 Å². The van der Waals surface area contributed by atoms with Crippen LogP contribution in [0.1, 0.15) is 18.4 Å². The Hall–Kier alpha value is -2.82. The number of fused-ring (bicyclic) bond motifs is 4. The zero-order valence-electron chi connectivity index (χ0n) is 15.3. The monoisotopic (exact) mass is 357 g/mol. The molecule has 4 rings (SSSR count). The molecule has 0 unspecified atom stereocenters. The van der Waals surface area contributed by atoms with E-state index in [4.69, 9.17) is 4.74 Å². The summed E-state index contributed by atoms with van der Waals surface area (Å²) in [6, 6.07) is 3.90. The lowest BCUT2D eigenvalue weighted by molar-refractivity contribution is -0.145. The predicted octanol–water partition coefficient (Wildman–Crippen LogP) is 0.477. The molecule has 0 spiro atoms. The Morgan fingerprint density at radius 1 is 1.42 bits per heavy atom. The summed E-state index contributed by atoms with van der Waals surface area (Å²) >= 11 is 0. The fraction of sp³-hybridized carbons (Fsp3) is 0.556. The number of anilines is 1. The molecule has 138 valence electrons. The van der Waals surface area contributed by atoms with Gasteiger partial charge in [0.1, 0.15) is 18.2 Å². The number of nitriles is 1. The number of likely N-dealkylation sites (N-methyl/N-ethyl adjacent to an activating group) is 1. The van der Waals surface area contributed by atoms with Gasteiger partial charge < -0.3 is 19.4 Å². The van der Waals surface area contributed by atoms with E-state index < -0.39 is 0 Å². The number of pyridine rings is 1. The third kappa shape index (κ3) is 3.17. The first-order valence-corrected chi connectivity index (χ1v) is 8.65. The SMILES string of the molecule is COc1nccc(N2C[C@@H]3CC[C@H](C2)N(CC(=O)N(C)C)C3=O)c1C#N. The molecule has 0 aliphatic carbocycles. The summed E-state index contributed by atoms with van der Waals surface area (Å²) in [5, 5.41) is 9.54. The molecule has 2 atom stereocenters. The van der Waals surface area contributed by atoms with Gasteiger partial charge in [-0.05, 0) is 18.9 Å². The Bertz CT molecular complexity index is 758. The largest absolute Gasteiger partial charge is 0.480 e. The Kier molecular flexibility index (Phi) is 4.98. The molecule has 3 aliphatic rings. The van der Waals surface area contributed by atoms with Crippen molar-refractivity contribution in [2.75, 3.05) is 45.7 Å². The first kappa shape index (κ1) is 18.0. The molecule has 3 aliphatic heterocycles. The number of piperidine rings is 1. The molecular weight excluding hydrogens is 334 g/mol. The van der Waals surface area contributed by atoms with Gasteiger partial charge in [0.05, 0.1) is 18.7 Å². The van der Waals surface area contributed by atoms with Crippen LogP contribution in [0.2, 0.25) is 0 Å². The van der Waals surface area contributed by atoms with Gasteiger partial charge in [-0.25, -0.2) is 4.98 Å². The summed E-state index contributed by atoms with van der Waals surface area (Å²) in [6.07, 6.45) is 3.27. The van der Waals surface area contributed by atoms with Gasteiger partial charge in [-0.2, -0.15) is 5.26 Å². The predicted molar refractivity (Wildman–Crippen MR) is 94.6 cm³/mol. The Morgan fingerprint density at radius 2 is 2.19 bits per heavy atom. The van der Waals surface area contributed by atoms with Crippen LogP contribution < -0.4 is 9.64 Å². The summed E-state index contributed by atoms with van der Waals surface area (Å²) in [4.78, 5) is 34.3. The number of carbonyl (C=O) groups excluding carboxylic acids is 2. The van der Waals surface area contributed by atoms with E-state index in [1.165, 1.54) is 12.0 Å². The van der Waals surface area contributed by atoms with Gasteiger partial charge >= 0.3 is 0 Å². The topological polar surface area (TPSA) is 89.8 Å². The van der Waals surface area contributed by atoms with Crippen molar-refractivity contribution in [3.63, 3.8) is 0 Å². The van der Waals surface area contributed by atoms with Crippen LogP contribution in [0.25, 0.3) is 0 Å². The standard InChI is InChI=1S/C18H23N5O3/c1-21(2)16(24)11-23-13-5-4-12(18(23)25)9-22(10-13)15-6-7-20-17(26-3)14(15)8-19/h6-7,12-13H,4-5,9-11H2,1-3H3/t12-,13+/m0/s1. The van der Waals surface area contributed by atoms with Crippen molar-refractivity contribution in [3.8, 4) is 11.9 Å². The Morgan fingerprint density at radius 3 is 2.85 bits per heavy atom. The van der Waals surface area contributed by atoms with Crippen LogP contribution in [-0.2, 0) is 9.59 Å². The molecule has 0 saturated carbocycles. The zero-order chi connectivity index (χ0) is 18.8. The van der Waals surface area contributed by atoms with Gasteiger partial charge in [-0.1, -0.05) is 0 Å². The molecule has 26 heavy (non-hydrogen) atoms. The molecule has 1 aromatic heterocycles. The van der Waals surface area contributed by atoms with Gasteiger partial charge in [0.2, 0.25) is 17.7 Å². The molecule has 8 nitrogen and oxygen atoms in total. The summed E-state index contributed by atoms with van der Waals surface area (Å²) in [5.74, 6) is 0.0567. The lowest BCUT2D eigenvalue weighted by Crippen LogP contribution is -2.51. The maximum absolute atomic E-state index is 12.8. The number of ether oxygens (including phenoxy) is 1. The molecule has 4 heterocycles. The van der Waals surface area contributed by atoms with Gasteiger partial charge in [-0.15, -0.1) is 0 Å². The average Bonchev–Trinajstić information content (AvgIpc) is 2.93. The lowest BCUT2D eigenvalue weighted by atomic mass is 9.94. The van der Waals surface area contributed by atoms with Crippen LogP contribution in [0.15, 0.2) is 12.3 Å². The van der Waals surface area contributed by atoms with Crippen molar-refractivity contribution in [3.05, 3.63) is 17.8 Å². The van der Waals surface area contributed by atoms with E-state index in [1.807, 2.05) is 0 Å². The molecule has 8 heteroatoms. The summed E-state index contributed by atoms with van der Waals surface area (Å²) in [7, 11) is 4.87. The van der Waals surface area contributed by atoms with E-state index in [0.29, 0.717) is 18.7 Å². The summed E-state index contributed by atoms with van der Waals surface area (Å²) in [5.41, 5.74) is 1.10. The van der Waals surface area contributed by atoms with Crippen LogP contribution >= 0.6 is 0 Å². The van der Waals surface area contributed by atoms with Crippen molar-refractivity contribution in [1.29, 1.82) is 5.26 Å². The third-order valence-corrected chi connectivity index (χ3v) is 5.14. The number of hydrogen-bond donors (Lipinski definition) is 0. The second-order valence-corrected chi connectivity index (χ2v) is 6.91. The van der Waals surface area contributed by atoms with Crippen molar-refractivity contribution in [2.45, 2.75) is 18.9 Å². The molecule has 2 amide bonds. The Labute approximate surface area is 152 Å². The highest BCUT2D eigenvalue weighted by molar-refractivity contribution is 5.87. The molecular formula is C18H23N5O3. The fourth-order valence-electron chi connectivity index (χ4n) is 3.69. The molecule has 0 aromatic carbocycles. The summed E-state index contributed by atoms with van der Waals surface area (Å²) in [6.45, 7) is 1.22. The van der Waals surface area contributed by atoms with Crippen molar-refractivity contribution in [2.24, 2.45) is 5.92 Å². The van der Waals surface area contributed by atoms with Gasteiger partial charge in [-0.3, -0.25) is 9.59 Å². The minimum Gasteiger partial charge on any atom is -0.480 e. The van der Waals surface area contributed by atoms with Crippen LogP contribution in [0.3, 0.4) is 0 Å². The first-order chi connectivity index (χ1) is 12.5. The third-order valence-electron chi connectivity index (χ3n) is 5.14. The van der Waals surface area contributed by atoms with Crippen molar-refractivity contribution >= 4 is 17.5 Å². The highest BCUT2D eigenvalue weighted by Gasteiger charge is 2.42. The van der Waals surface area contributed by atoms with E-state index >= 15 is 0 Å². The first-order valence-electron chi connectivity index (χ1n) is 8.65. The second kappa shape index (κ2) is 7.20.